The molecule has 1 aliphatic heterocycles. The summed E-state index contributed by atoms with van der Waals surface area (Å²) in [7, 11) is 1.53. The predicted molar refractivity (Wildman–Crippen MR) is 146 cm³/mol. The predicted octanol–water partition coefficient (Wildman–Crippen LogP) is 1.15. The van der Waals surface area contributed by atoms with Crippen molar-refractivity contribution in [3.63, 3.8) is 0 Å². The minimum absolute atomic E-state index is 0.118. The van der Waals surface area contributed by atoms with E-state index in [1.54, 1.807) is 55.1 Å². The molecule has 0 saturated heterocycles. The van der Waals surface area contributed by atoms with E-state index in [2.05, 4.69) is 10.6 Å². The lowest BCUT2D eigenvalue weighted by Crippen LogP contribution is -2.56. The van der Waals surface area contributed by atoms with Gasteiger partial charge < -0.3 is 35.3 Å². The Labute approximate surface area is 231 Å². The van der Waals surface area contributed by atoms with Crippen molar-refractivity contribution >= 4 is 41.4 Å². The number of fused-ring (bicyclic) bond motifs is 1. The van der Waals surface area contributed by atoms with Crippen molar-refractivity contribution in [2.75, 3.05) is 30.0 Å². The molecular formula is C28H34N4O8. The Morgan fingerprint density at radius 3 is 2.27 bits per heavy atom. The van der Waals surface area contributed by atoms with Gasteiger partial charge in [0.25, 0.3) is 11.8 Å². The lowest BCUT2D eigenvalue weighted by molar-refractivity contribution is -0.138. The molecule has 0 fully saturated rings. The summed E-state index contributed by atoms with van der Waals surface area (Å²) in [5, 5.41) is 25.1. The van der Waals surface area contributed by atoms with Gasteiger partial charge >= 0.3 is 5.97 Å². The van der Waals surface area contributed by atoms with Gasteiger partial charge in [0, 0.05) is 5.56 Å². The fraction of sp³-hybridized carbons (Fsp3) is 0.393. The van der Waals surface area contributed by atoms with Crippen LogP contribution in [-0.4, -0.2) is 78.2 Å². The third-order valence-corrected chi connectivity index (χ3v) is 6.49. The van der Waals surface area contributed by atoms with Gasteiger partial charge in [0.2, 0.25) is 5.91 Å². The van der Waals surface area contributed by atoms with Crippen LogP contribution in [0.4, 0.5) is 11.4 Å². The van der Waals surface area contributed by atoms with Gasteiger partial charge in [-0.15, -0.1) is 0 Å². The van der Waals surface area contributed by atoms with Gasteiger partial charge in [-0.2, -0.15) is 0 Å². The van der Waals surface area contributed by atoms with E-state index in [-0.39, 0.29) is 6.54 Å². The summed E-state index contributed by atoms with van der Waals surface area (Å²) < 4.78 is 5.37. The van der Waals surface area contributed by atoms with Gasteiger partial charge in [0.05, 0.1) is 37.5 Å². The number of carboxylic acids is 1. The van der Waals surface area contributed by atoms with E-state index >= 15 is 0 Å². The minimum atomic E-state index is -1.46. The molecule has 4 N–H and O–H groups in total. The van der Waals surface area contributed by atoms with E-state index in [1.165, 1.54) is 21.0 Å². The highest BCUT2D eigenvalue weighted by atomic mass is 16.5. The second kappa shape index (κ2) is 12.2. The lowest BCUT2D eigenvalue weighted by Gasteiger charge is -2.37. The number of benzene rings is 2. The Bertz CT molecular complexity index is 1300. The maximum absolute atomic E-state index is 13.9. The number of para-hydroxylation sites is 2. The number of rotatable bonds is 10. The summed E-state index contributed by atoms with van der Waals surface area (Å²) in [5.74, 6) is -2.59. The first-order valence-corrected chi connectivity index (χ1v) is 12.6. The van der Waals surface area contributed by atoms with Gasteiger partial charge in [-0.05, 0) is 63.1 Å². The molecule has 3 amide bonds. The van der Waals surface area contributed by atoms with Crippen LogP contribution in [0.25, 0.3) is 0 Å². The molecule has 0 bridgehead atoms. The van der Waals surface area contributed by atoms with E-state index in [0.717, 1.165) is 16.0 Å². The van der Waals surface area contributed by atoms with Crippen LogP contribution in [0.1, 0.15) is 41.8 Å². The number of aliphatic carboxylic acids is 1. The maximum Gasteiger partial charge on any atom is 0.305 e. The van der Waals surface area contributed by atoms with E-state index in [9.17, 15) is 29.1 Å². The fourth-order valence-corrected chi connectivity index (χ4v) is 4.74. The topological polar surface area (TPSA) is 166 Å². The molecule has 2 aromatic carbocycles. The molecule has 1 heterocycles. The number of nitrogens with one attached hydrogen (secondary N) is 2. The number of aldehydes is 1. The molecule has 0 saturated carbocycles. The quantitative estimate of drug-likeness (QED) is 0.315. The normalized spacial score (nSPS) is 15.9. The minimum Gasteiger partial charge on any atom is -0.496 e. The zero-order valence-electron chi connectivity index (χ0n) is 23.1. The van der Waals surface area contributed by atoms with Crippen molar-refractivity contribution in [1.29, 1.82) is 0 Å². The number of amides is 3. The number of carbonyl (C=O) groups is 5. The molecule has 0 aromatic heterocycles. The molecule has 2 atom stereocenters. The van der Waals surface area contributed by atoms with Gasteiger partial charge in [0.15, 0.2) is 0 Å². The molecule has 12 nitrogen and oxygen atoms in total. The number of ether oxygens (including phenoxy) is 1. The number of nitrogens with zero attached hydrogens (tertiary/aromatic N) is 2. The van der Waals surface area contributed by atoms with Crippen LogP contribution in [0.5, 0.6) is 5.75 Å². The number of carbonyl (C=O) groups excluding carboxylic acids is 4. The van der Waals surface area contributed by atoms with Crippen LogP contribution in [0.15, 0.2) is 36.4 Å². The summed E-state index contributed by atoms with van der Waals surface area (Å²) >= 11 is 0. The molecule has 1 aliphatic rings. The van der Waals surface area contributed by atoms with Crippen LogP contribution in [0, 0.1) is 13.8 Å². The first kappa shape index (κ1) is 30.1. The van der Waals surface area contributed by atoms with E-state index in [1.807, 2.05) is 0 Å². The van der Waals surface area contributed by atoms with Crippen molar-refractivity contribution in [2.45, 2.75) is 51.9 Å². The second-order valence-electron chi connectivity index (χ2n) is 10.1. The third kappa shape index (κ3) is 6.75. The largest absolute Gasteiger partial charge is 0.496 e. The highest BCUT2D eigenvalue weighted by Gasteiger charge is 2.39. The molecule has 0 radical (unpaired) electrons. The van der Waals surface area contributed by atoms with Gasteiger partial charge in [-0.3, -0.25) is 24.1 Å². The first-order valence-electron chi connectivity index (χ1n) is 12.6. The maximum atomic E-state index is 13.9. The Morgan fingerprint density at radius 1 is 1.15 bits per heavy atom. The van der Waals surface area contributed by atoms with Gasteiger partial charge in [0.1, 0.15) is 30.3 Å². The van der Waals surface area contributed by atoms with Gasteiger partial charge in [-0.1, -0.05) is 12.1 Å². The van der Waals surface area contributed by atoms with E-state index in [0.29, 0.717) is 29.0 Å². The summed E-state index contributed by atoms with van der Waals surface area (Å²) in [6, 6.07) is 7.42. The van der Waals surface area contributed by atoms with E-state index in [4.69, 9.17) is 9.84 Å². The number of hydrogen-bond acceptors (Lipinski definition) is 8. The van der Waals surface area contributed by atoms with Crippen LogP contribution < -0.4 is 25.2 Å². The standard InChI is InChI=1S/C28H34N4O8/c1-16-10-18(11-17(2)25(16)40-5)26(37)30-20-13-32(28(3,4)39)22-9-7-6-8-21(22)31(27(20)38)14-23(34)29-19(15-33)12-24(35)36/h6-11,15,19-20,39H,12-14H2,1-5H3,(H,29,34)(H,30,37)(H,35,36)/t19-,20-/m0/s1. The number of carboxylic acid groups (broad SMARTS) is 1. The smallest absolute Gasteiger partial charge is 0.305 e. The van der Waals surface area contributed by atoms with Gasteiger partial charge in [-0.25, -0.2) is 0 Å². The van der Waals surface area contributed by atoms with Crippen molar-refractivity contribution in [1.82, 2.24) is 10.6 Å². The Morgan fingerprint density at radius 2 is 1.75 bits per heavy atom. The molecule has 3 rings (SSSR count). The number of hydrogen-bond donors (Lipinski definition) is 4. The number of aliphatic hydroxyl groups is 1. The van der Waals surface area contributed by atoms with Crippen LogP contribution in [-0.2, 0) is 19.2 Å². The third-order valence-electron chi connectivity index (χ3n) is 6.49. The molecule has 0 unspecified atom stereocenters. The molecular weight excluding hydrogens is 520 g/mol. The molecule has 40 heavy (non-hydrogen) atoms. The summed E-state index contributed by atoms with van der Waals surface area (Å²) in [5.41, 5.74) is 1.02. The molecule has 0 spiro atoms. The average molecular weight is 555 g/mol. The number of methoxy groups -OCH3 is 1. The van der Waals surface area contributed by atoms with Crippen LogP contribution >= 0.6 is 0 Å². The van der Waals surface area contributed by atoms with Crippen LogP contribution in [0.3, 0.4) is 0 Å². The van der Waals surface area contributed by atoms with Crippen LogP contribution in [0.2, 0.25) is 0 Å². The summed E-state index contributed by atoms with van der Waals surface area (Å²) in [6.45, 7) is 5.98. The Balaban J connectivity index is 1.99. The lowest BCUT2D eigenvalue weighted by atomic mass is 10.0. The Kier molecular flexibility index (Phi) is 9.15. The highest BCUT2D eigenvalue weighted by Crippen LogP contribution is 2.36. The monoisotopic (exact) mass is 554 g/mol. The van der Waals surface area contributed by atoms with Crippen molar-refractivity contribution in [2.24, 2.45) is 0 Å². The Hall–Kier alpha value is -4.45. The van der Waals surface area contributed by atoms with E-state index < -0.39 is 54.5 Å². The number of aryl methyl sites for hydroxylation is 2. The summed E-state index contributed by atoms with van der Waals surface area (Å²) in [6.07, 6.45) is -0.312. The molecule has 214 valence electrons. The highest BCUT2D eigenvalue weighted by molar-refractivity contribution is 6.08. The van der Waals surface area contributed by atoms with Crippen molar-refractivity contribution < 1.29 is 38.9 Å². The number of anilines is 2. The summed E-state index contributed by atoms with van der Waals surface area (Å²) in [4.78, 5) is 65.1. The average Bonchev–Trinajstić information content (AvgIpc) is 2.98. The fourth-order valence-electron chi connectivity index (χ4n) is 4.74. The zero-order chi connectivity index (χ0) is 29.8. The molecule has 12 heteroatoms. The first-order chi connectivity index (χ1) is 18.8. The SMILES string of the molecule is COc1c(C)cc(C(=O)N[C@H]2CN(C(C)(C)O)c3ccccc3N(CC(=O)N[C@H](C=O)CC(=O)O)C2=O)cc1C. The van der Waals surface area contributed by atoms with Crippen molar-refractivity contribution in [3.8, 4) is 5.75 Å². The second-order valence-corrected chi connectivity index (χ2v) is 10.1. The zero-order valence-corrected chi connectivity index (χ0v) is 23.1. The molecule has 0 aliphatic carbocycles. The van der Waals surface area contributed by atoms with Crippen molar-refractivity contribution in [3.05, 3.63) is 53.1 Å². The molecule has 2 aromatic rings.